The van der Waals surface area contributed by atoms with E-state index in [9.17, 15) is 4.79 Å². The van der Waals surface area contributed by atoms with Gasteiger partial charge in [0.1, 0.15) is 16.8 Å². The molecule has 0 aliphatic carbocycles. The normalized spacial score (nSPS) is 11.6. The molecule has 10 nitrogen and oxygen atoms in total. The first-order valence-corrected chi connectivity index (χ1v) is 11.5. The van der Waals surface area contributed by atoms with Crippen molar-refractivity contribution in [2.45, 2.75) is 46.1 Å². The molecule has 35 heavy (non-hydrogen) atoms. The van der Waals surface area contributed by atoms with Crippen molar-refractivity contribution < 1.29 is 19.0 Å². The van der Waals surface area contributed by atoms with Crippen LogP contribution in [0.25, 0.3) is 17.0 Å². The van der Waals surface area contributed by atoms with E-state index in [-0.39, 0.29) is 18.0 Å². The minimum atomic E-state index is -0.452. The van der Waals surface area contributed by atoms with Gasteiger partial charge in [-0.05, 0) is 30.0 Å². The summed E-state index contributed by atoms with van der Waals surface area (Å²) in [5, 5.41) is 8.64. The number of hydrogen-bond donors (Lipinski definition) is 0. The van der Waals surface area contributed by atoms with Crippen LogP contribution in [0, 0.1) is 0 Å². The Bertz CT molecular complexity index is 1320. The zero-order valence-corrected chi connectivity index (χ0v) is 20.7. The number of esters is 1. The summed E-state index contributed by atoms with van der Waals surface area (Å²) in [6.07, 6.45) is 5.34. The van der Waals surface area contributed by atoms with E-state index in [1.165, 1.54) is 22.6 Å². The number of benzene rings is 1. The van der Waals surface area contributed by atoms with E-state index >= 15 is 0 Å². The highest BCUT2D eigenvalue weighted by molar-refractivity contribution is 5.88. The van der Waals surface area contributed by atoms with Crippen LogP contribution in [0.2, 0.25) is 0 Å². The fraction of sp³-hybridized carbons (Fsp3) is 0.400. The number of methoxy groups -OCH3 is 1. The number of fused-ring (bicyclic) bond motifs is 1. The second-order valence-electron chi connectivity index (χ2n) is 9.01. The zero-order valence-electron chi connectivity index (χ0n) is 20.7. The first-order chi connectivity index (χ1) is 16.8. The predicted octanol–water partition coefficient (Wildman–Crippen LogP) is 3.96. The Labute approximate surface area is 203 Å². The standard InChI is InChI=1S/C25H30N6O4/c1-6-34-23(32)17-14-26-31(16-17)24-28-20-15-27-30(21(20)22(29-24)33-5)11-8-12-35-19-10-7-9-18(13-19)25(2,3)4/h7,9-10,13-16H,6,8,11-12H2,1-5H3. The van der Waals surface area contributed by atoms with E-state index in [1.54, 1.807) is 24.9 Å². The fourth-order valence-electron chi connectivity index (χ4n) is 3.58. The van der Waals surface area contributed by atoms with E-state index in [4.69, 9.17) is 14.2 Å². The third-order valence-corrected chi connectivity index (χ3v) is 5.42. The highest BCUT2D eigenvalue weighted by atomic mass is 16.5. The van der Waals surface area contributed by atoms with E-state index in [2.05, 4.69) is 53.1 Å². The van der Waals surface area contributed by atoms with Crippen molar-refractivity contribution in [1.29, 1.82) is 0 Å². The molecule has 4 aromatic rings. The summed E-state index contributed by atoms with van der Waals surface area (Å²) < 4.78 is 19.7. The number of aryl methyl sites for hydroxylation is 1. The SMILES string of the molecule is CCOC(=O)c1cnn(-c2nc(OC)c3c(cnn3CCCOc3cccc(C(C)(C)C)c3)n2)c1. The van der Waals surface area contributed by atoms with Crippen LogP contribution in [0.3, 0.4) is 0 Å². The summed E-state index contributed by atoms with van der Waals surface area (Å²) in [6, 6.07) is 8.19. The maximum Gasteiger partial charge on any atom is 0.341 e. The number of aromatic nitrogens is 6. The number of ether oxygens (including phenoxy) is 3. The molecule has 3 aromatic heterocycles. The van der Waals surface area contributed by atoms with E-state index in [0.717, 1.165) is 12.2 Å². The van der Waals surface area contributed by atoms with Gasteiger partial charge in [0.15, 0.2) is 0 Å². The van der Waals surface area contributed by atoms with Crippen molar-refractivity contribution in [1.82, 2.24) is 29.5 Å². The lowest BCUT2D eigenvalue weighted by Crippen LogP contribution is -2.11. The molecule has 0 fully saturated rings. The van der Waals surface area contributed by atoms with Crippen molar-refractivity contribution in [2.75, 3.05) is 20.3 Å². The Balaban J connectivity index is 1.46. The van der Waals surface area contributed by atoms with Gasteiger partial charge in [0, 0.05) is 19.2 Å². The quantitative estimate of drug-likeness (QED) is 0.263. The summed E-state index contributed by atoms with van der Waals surface area (Å²) >= 11 is 0. The highest BCUT2D eigenvalue weighted by Crippen LogP contribution is 2.26. The molecule has 0 saturated heterocycles. The highest BCUT2D eigenvalue weighted by Gasteiger charge is 2.18. The zero-order chi connectivity index (χ0) is 25.0. The summed E-state index contributed by atoms with van der Waals surface area (Å²) in [7, 11) is 1.54. The van der Waals surface area contributed by atoms with Crippen molar-refractivity contribution in [3.8, 4) is 17.6 Å². The Kier molecular flexibility index (Phi) is 6.99. The monoisotopic (exact) mass is 478 g/mol. The van der Waals surface area contributed by atoms with Gasteiger partial charge in [-0.2, -0.15) is 15.2 Å². The van der Waals surface area contributed by atoms with Gasteiger partial charge in [-0.1, -0.05) is 32.9 Å². The van der Waals surface area contributed by atoms with Gasteiger partial charge in [-0.15, -0.1) is 0 Å². The molecule has 184 valence electrons. The maximum atomic E-state index is 11.9. The molecular formula is C25H30N6O4. The lowest BCUT2D eigenvalue weighted by Gasteiger charge is -2.19. The topological polar surface area (TPSA) is 106 Å². The first kappa shape index (κ1) is 24.2. The number of rotatable bonds is 9. The van der Waals surface area contributed by atoms with Gasteiger partial charge in [0.2, 0.25) is 5.88 Å². The Hall–Kier alpha value is -3.95. The van der Waals surface area contributed by atoms with Crippen LogP contribution < -0.4 is 9.47 Å². The number of carbonyl (C=O) groups excluding carboxylic acids is 1. The second kappa shape index (κ2) is 10.1. The molecule has 3 heterocycles. The first-order valence-electron chi connectivity index (χ1n) is 11.5. The van der Waals surface area contributed by atoms with Gasteiger partial charge in [0.25, 0.3) is 5.95 Å². The molecule has 0 amide bonds. The molecule has 0 aliphatic rings. The van der Waals surface area contributed by atoms with Gasteiger partial charge in [-0.25, -0.2) is 14.5 Å². The molecule has 0 radical (unpaired) electrons. The largest absolute Gasteiger partial charge is 0.494 e. The Morgan fingerprint density at radius 3 is 2.69 bits per heavy atom. The van der Waals surface area contributed by atoms with Crippen LogP contribution in [0.4, 0.5) is 0 Å². The van der Waals surface area contributed by atoms with Gasteiger partial charge >= 0.3 is 5.97 Å². The van der Waals surface area contributed by atoms with E-state index in [1.807, 2.05) is 12.1 Å². The summed E-state index contributed by atoms with van der Waals surface area (Å²) in [5.41, 5.74) is 2.91. The molecule has 0 bridgehead atoms. The molecule has 4 rings (SSSR count). The van der Waals surface area contributed by atoms with Crippen molar-refractivity contribution in [3.63, 3.8) is 0 Å². The Morgan fingerprint density at radius 2 is 1.94 bits per heavy atom. The summed E-state index contributed by atoms with van der Waals surface area (Å²) in [6.45, 7) is 9.73. The van der Waals surface area contributed by atoms with Crippen LogP contribution in [0.5, 0.6) is 11.6 Å². The lowest BCUT2D eigenvalue weighted by molar-refractivity contribution is 0.0526. The number of hydrogen-bond acceptors (Lipinski definition) is 8. The van der Waals surface area contributed by atoms with Crippen LogP contribution in [-0.4, -0.2) is 55.8 Å². The summed E-state index contributed by atoms with van der Waals surface area (Å²) in [5.74, 6) is 1.04. The molecular weight excluding hydrogens is 448 g/mol. The van der Waals surface area contributed by atoms with Crippen LogP contribution >= 0.6 is 0 Å². The minimum absolute atomic E-state index is 0.0688. The molecule has 10 heteroatoms. The average Bonchev–Trinajstić information content (AvgIpc) is 3.49. The van der Waals surface area contributed by atoms with E-state index in [0.29, 0.717) is 35.6 Å². The molecule has 0 aliphatic heterocycles. The molecule has 0 unspecified atom stereocenters. The van der Waals surface area contributed by atoms with Crippen molar-refractivity contribution >= 4 is 17.0 Å². The van der Waals surface area contributed by atoms with Crippen LogP contribution in [0.1, 0.15) is 50.0 Å². The van der Waals surface area contributed by atoms with E-state index < -0.39 is 5.97 Å². The van der Waals surface area contributed by atoms with Gasteiger partial charge in [-0.3, -0.25) is 4.68 Å². The molecule has 0 spiro atoms. The lowest BCUT2D eigenvalue weighted by atomic mass is 9.87. The molecule has 0 atom stereocenters. The average molecular weight is 479 g/mol. The van der Waals surface area contributed by atoms with Crippen LogP contribution in [-0.2, 0) is 16.7 Å². The smallest absolute Gasteiger partial charge is 0.341 e. The molecule has 0 saturated carbocycles. The summed E-state index contributed by atoms with van der Waals surface area (Å²) in [4.78, 5) is 21.0. The number of carbonyl (C=O) groups is 1. The third-order valence-electron chi connectivity index (χ3n) is 5.42. The fourth-order valence-corrected chi connectivity index (χ4v) is 3.58. The minimum Gasteiger partial charge on any atom is -0.494 e. The predicted molar refractivity (Wildman–Crippen MR) is 130 cm³/mol. The Morgan fingerprint density at radius 1 is 1.11 bits per heavy atom. The second-order valence-corrected chi connectivity index (χ2v) is 9.01. The van der Waals surface area contributed by atoms with Gasteiger partial charge in [0.05, 0.1) is 38.3 Å². The molecule has 1 aromatic carbocycles. The molecule has 0 N–H and O–H groups in total. The third kappa shape index (κ3) is 5.42. The number of nitrogens with zero attached hydrogens (tertiary/aromatic N) is 6. The van der Waals surface area contributed by atoms with Crippen molar-refractivity contribution in [3.05, 3.63) is 54.0 Å². The van der Waals surface area contributed by atoms with Crippen molar-refractivity contribution in [2.24, 2.45) is 0 Å². The van der Waals surface area contributed by atoms with Gasteiger partial charge < -0.3 is 14.2 Å². The van der Waals surface area contributed by atoms with Crippen LogP contribution in [0.15, 0.2) is 42.9 Å². The maximum absolute atomic E-state index is 11.9.